The van der Waals surface area contributed by atoms with Crippen molar-refractivity contribution < 1.29 is 4.79 Å². The van der Waals surface area contributed by atoms with Crippen LogP contribution < -0.4 is 5.32 Å². The zero-order valence-corrected chi connectivity index (χ0v) is 13.6. The molecule has 1 aromatic carbocycles. The third-order valence-electron chi connectivity index (χ3n) is 3.70. The molecule has 1 N–H and O–H groups in total. The van der Waals surface area contributed by atoms with Gasteiger partial charge in [-0.25, -0.2) is 9.97 Å². The van der Waals surface area contributed by atoms with Crippen molar-refractivity contribution in [3.8, 4) is 0 Å². The van der Waals surface area contributed by atoms with Crippen LogP contribution in [0.5, 0.6) is 0 Å². The zero-order chi connectivity index (χ0) is 16.1. The number of rotatable bonds is 5. The molecule has 1 amide bonds. The summed E-state index contributed by atoms with van der Waals surface area (Å²) in [5, 5.41) is 3.20. The van der Waals surface area contributed by atoms with Gasteiger partial charge >= 0.3 is 0 Å². The van der Waals surface area contributed by atoms with E-state index in [0.29, 0.717) is 24.6 Å². The fraction of sp³-hybridized carbons (Fsp3) is 0.353. The predicted octanol–water partition coefficient (Wildman–Crippen LogP) is 3.32. The average Bonchev–Trinajstić information content (AvgIpc) is 2.53. The van der Waals surface area contributed by atoms with Gasteiger partial charge in [0, 0.05) is 18.8 Å². The molecule has 0 aliphatic carbocycles. The maximum absolute atomic E-state index is 12.2. The van der Waals surface area contributed by atoms with Gasteiger partial charge < -0.3 is 10.2 Å². The molecule has 1 aromatic heterocycles. The number of hydrogen-bond donors (Lipinski definition) is 1. The van der Waals surface area contributed by atoms with Gasteiger partial charge in [0.25, 0.3) is 5.91 Å². The van der Waals surface area contributed by atoms with E-state index in [1.165, 1.54) is 17.3 Å². The third-order valence-corrected chi connectivity index (χ3v) is 3.70. The molecule has 22 heavy (non-hydrogen) atoms. The van der Waals surface area contributed by atoms with Crippen LogP contribution in [0, 0.1) is 13.8 Å². The number of nitrogens with zero attached hydrogens (tertiary/aromatic N) is 3. The molecule has 2 rings (SSSR count). The van der Waals surface area contributed by atoms with Crippen LogP contribution in [-0.4, -0.2) is 33.9 Å². The maximum Gasteiger partial charge on any atom is 0.274 e. The fourth-order valence-corrected chi connectivity index (χ4v) is 2.14. The van der Waals surface area contributed by atoms with Crippen LogP contribution in [0.25, 0.3) is 0 Å². The first kappa shape index (κ1) is 15.9. The van der Waals surface area contributed by atoms with Crippen LogP contribution >= 0.6 is 0 Å². The Hall–Kier alpha value is -2.43. The summed E-state index contributed by atoms with van der Waals surface area (Å²) in [6.45, 7) is 9.37. The summed E-state index contributed by atoms with van der Waals surface area (Å²) < 4.78 is 0. The van der Waals surface area contributed by atoms with Crippen molar-refractivity contribution in [2.75, 3.05) is 18.4 Å². The van der Waals surface area contributed by atoms with Gasteiger partial charge in [-0.1, -0.05) is 6.07 Å². The van der Waals surface area contributed by atoms with Crippen molar-refractivity contribution >= 4 is 17.4 Å². The zero-order valence-electron chi connectivity index (χ0n) is 13.6. The van der Waals surface area contributed by atoms with Gasteiger partial charge in [-0.05, 0) is 51.0 Å². The Bertz CT molecular complexity index is 648. The molecule has 0 spiro atoms. The van der Waals surface area contributed by atoms with E-state index >= 15 is 0 Å². The normalized spacial score (nSPS) is 10.4. The first-order chi connectivity index (χ1) is 10.5. The standard InChI is InChI=1S/C17H22N4O/c1-5-21(6-2)17(22)15-10-19-16(11-18-15)20-14-8-7-12(3)13(4)9-14/h7-11H,5-6H2,1-4H3,(H,19,20). The van der Waals surface area contributed by atoms with Crippen molar-refractivity contribution in [2.45, 2.75) is 27.7 Å². The second-order valence-corrected chi connectivity index (χ2v) is 5.19. The van der Waals surface area contributed by atoms with Crippen LogP contribution in [0.3, 0.4) is 0 Å². The van der Waals surface area contributed by atoms with Crippen LogP contribution in [0.2, 0.25) is 0 Å². The first-order valence-electron chi connectivity index (χ1n) is 7.50. The molecule has 0 saturated carbocycles. The van der Waals surface area contributed by atoms with E-state index in [1.54, 1.807) is 11.1 Å². The molecule has 0 aliphatic rings. The lowest BCUT2D eigenvalue weighted by Crippen LogP contribution is -2.31. The lowest BCUT2D eigenvalue weighted by Gasteiger charge is -2.17. The summed E-state index contributed by atoms with van der Waals surface area (Å²) in [5.41, 5.74) is 3.79. The SMILES string of the molecule is CCN(CC)C(=O)c1cnc(Nc2ccc(C)c(C)c2)cn1. The highest BCUT2D eigenvalue weighted by molar-refractivity contribution is 5.92. The molecule has 5 nitrogen and oxygen atoms in total. The number of amides is 1. The van der Waals surface area contributed by atoms with Gasteiger partial charge in [-0.15, -0.1) is 0 Å². The summed E-state index contributed by atoms with van der Waals surface area (Å²) in [6, 6.07) is 6.12. The second kappa shape index (κ2) is 7.02. The van der Waals surface area contributed by atoms with Crippen LogP contribution in [0.1, 0.15) is 35.5 Å². The number of benzene rings is 1. The Balaban J connectivity index is 2.11. The smallest absolute Gasteiger partial charge is 0.274 e. The highest BCUT2D eigenvalue weighted by Gasteiger charge is 2.14. The van der Waals surface area contributed by atoms with Crippen LogP contribution in [0.4, 0.5) is 11.5 Å². The highest BCUT2D eigenvalue weighted by Crippen LogP contribution is 2.17. The molecular formula is C17H22N4O. The van der Waals surface area contributed by atoms with E-state index in [4.69, 9.17) is 0 Å². The van der Waals surface area contributed by atoms with Gasteiger partial charge in [0.15, 0.2) is 0 Å². The maximum atomic E-state index is 12.2. The molecule has 0 saturated heterocycles. The topological polar surface area (TPSA) is 58.1 Å². The number of aryl methyl sites for hydroxylation is 2. The third kappa shape index (κ3) is 3.61. The Morgan fingerprint density at radius 2 is 1.82 bits per heavy atom. The van der Waals surface area contributed by atoms with E-state index in [9.17, 15) is 4.79 Å². The summed E-state index contributed by atoms with van der Waals surface area (Å²) in [4.78, 5) is 22.4. The number of nitrogens with one attached hydrogen (secondary N) is 1. The van der Waals surface area contributed by atoms with E-state index in [1.807, 2.05) is 19.9 Å². The molecule has 0 atom stereocenters. The van der Waals surface area contributed by atoms with E-state index < -0.39 is 0 Å². The molecular weight excluding hydrogens is 276 g/mol. The van der Waals surface area contributed by atoms with E-state index in [0.717, 1.165) is 5.69 Å². The lowest BCUT2D eigenvalue weighted by molar-refractivity contribution is 0.0766. The van der Waals surface area contributed by atoms with Gasteiger partial charge in [0.05, 0.1) is 12.4 Å². The van der Waals surface area contributed by atoms with Crippen molar-refractivity contribution in [1.29, 1.82) is 0 Å². The van der Waals surface area contributed by atoms with Gasteiger partial charge in [0.1, 0.15) is 11.5 Å². The Morgan fingerprint density at radius 1 is 1.09 bits per heavy atom. The number of hydrogen-bond acceptors (Lipinski definition) is 4. The second-order valence-electron chi connectivity index (χ2n) is 5.19. The van der Waals surface area contributed by atoms with Crippen molar-refractivity contribution in [3.63, 3.8) is 0 Å². The highest BCUT2D eigenvalue weighted by atomic mass is 16.2. The van der Waals surface area contributed by atoms with Gasteiger partial charge in [-0.3, -0.25) is 4.79 Å². The minimum Gasteiger partial charge on any atom is -0.339 e. The van der Waals surface area contributed by atoms with Crippen LogP contribution in [-0.2, 0) is 0 Å². The molecule has 0 aliphatic heterocycles. The van der Waals surface area contributed by atoms with Crippen molar-refractivity contribution in [3.05, 3.63) is 47.4 Å². The molecule has 0 radical (unpaired) electrons. The monoisotopic (exact) mass is 298 g/mol. The largest absolute Gasteiger partial charge is 0.339 e. The minimum atomic E-state index is -0.0877. The quantitative estimate of drug-likeness (QED) is 0.920. The van der Waals surface area contributed by atoms with Crippen molar-refractivity contribution in [2.24, 2.45) is 0 Å². The van der Waals surface area contributed by atoms with Gasteiger partial charge in [0.2, 0.25) is 0 Å². The van der Waals surface area contributed by atoms with Crippen LogP contribution in [0.15, 0.2) is 30.6 Å². The summed E-state index contributed by atoms with van der Waals surface area (Å²) >= 11 is 0. The Kier molecular flexibility index (Phi) is 5.09. The minimum absolute atomic E-state index is 0.0877. The molecule has 0 unspecified atom stereocenters. The summed E-state index contributed by atoms with van der Waals surface area (Å²) in [5.74, 6) is 0.537. The first-order valence-corrected chi connectivity index (χ1v) is 7.50. The molecule has 0 fully saturated rings. The number of carbonyl (C=O) groups excluding carboxylic acids is 1. The molecule has 0 bridgehead atoms. The molecule has 1 heterocycles. The van der Waals surface area contributed by atoms with E-state index in [-0.39, 0.29) is 5.91 Å². The fourth-order valence-electron chi connectivity index (χ4n) is 2.14. The molecule has 5 heteroatoms. The van der Waals surface area contributed by atoms with Gasteiger partial charge in [-0.2, -0.15) is 0 Å². The number of aromatic nitrogens is 2. The Labute approximate surface area is 131 Å². The number of anilines is 2. The summed E-state index contributed by atoms with van der Waals surface area (Å²) in [7, 11) is 0. The predicted molar refractivity (Wildman–Crippen MR) is 88.5 cm³/mol. The van der Waals surface area contributed by atoms with E-state index in [2.05, 4.69) is 41.3 Å². The molecule has 116 valence electrons. The lowest BCUT2D eigenvalue weighted by atomic mass is 10.1. The Morgan fingerprint density at radius 3 is 2.36 bits per heavy atom. The van der Waals surface area contributed by atoms with Crippen molar-refractivity contribution in [1.82, 2.24) is 14.9 Å². The number of carbonyl (C=O) groups is 1. The molecule has 2 aromatic rings. The summed E-state index contributed by atoms with van der Waals surface area (Å²) in [6.07, 6.45) is 3.11. The average molecular weight is 298 g/mol.